The van der Waals surface area contributed by atoms with Crippen molar-refractivity contribution in [1.82, 2.24) is 10.2 Å². The summed E-state index contributed by atoms with van der Waals surface area (Å²) in [6.07, 6.45) is 2.12. The second-order valence-electron chi connectivity index (χ2n) is 6.17. The number of rotatable bonds is 5. The third-order valence-electron chi connectivity index (χ3n) is 3.38. The molecule has 0 radical (unpaired) electrons. The number of amides is 1. The highest BCUT2D eigenvalue weighted by atomic mass is 16.6. The van der Waals surface area contributed by atoms with Crippen molar-refractivity contribution in [3.63, 3.8) is 0 Å². The fourth-order valence-corrected chi connectivity index (χ4v) is 2.38. The fraction of sp³-hybridized carbons (Fsp3) is 0.929. The summed E-state index contributed by atoms with van der Waals surface area (Å²) in [7, 11) is 0. The van der Waals surface area contributed by atoms with Gasteiger partial charge in [0.15, 0.2) is 0 Å². The molecule has 18 heavy (non-hydrogen) atoms. The van der Waals surface area contributed by atoms with E-state index in [-0.39, 0.29) is 6.09 Å². The van der Waals surface area contributed by atoms with E-state index >= 15 is 0 Å². The molecule has 0 spiro atoms. The van der Waals surface area contributed by atoms with Crippen LogP contribution in [0.5, 0.6) is 0 Å². The molecule has 1 aliphatic rings. The average Bonchev–Trinajstić information content (AvgIpc) is 2.18. The number of hydrogen-bond donors (Lipinski definition) is 1. The molecular formula is C14H28N2O2. The van der Waals surface area contributed by atoms with Crippen LogP contribution in [0.4, 0.5) is 4.79 Å². The van der Waals surface area contributed by atoms with Gasteiger partial charge in [-0.3, -0.25) is 4.90 Å². The van der Waals surface area contributed by atoms with Crippen molar-refractivity contribution in [2.24, 2.45) is 5.92 Å². The number of carbonyl (C=O) groups excluding carboxylic acids is 1. The maximum absolute atomic E-state index is 11.5. The summed E-state index contributed by atoms with van der Waals surface area (Å²) < 4.78 is 5.21. The van der Waals surface area contributed by atoms with Gasteiger partial charge in [-0.05, 0) is 33.6 Å². The van der Waals surface area contributed by atoms with Gasteiger partial charge < -0.3 is 10.1 Å². The third-order valence-corrected chi connectivity index (χ3v) is 3.38. The minimum Gasteiger partial charge on any atom is -0.444 e. The van der Waals surface area contributed by atoms with E-state index in [1.165, 1.54) is 12.8 Å². The first-order valence-electron chi connectivity index (χ1n) is 7.06. The van der Waals surface area contributed by atoms with Gasteiger partial charge in [0.2, 0.25) is 0 Å². The van der Waals surface area contributed by atoms with Crippen LogP contribution in [0.2, 0.25) is 0 Å². The molecule has 0 unspecified atom stereocenters. The molecule has 1 amide bonds. The van der Waals surface area contributed by atoms with Gasteiger partial charge in [-0.15, -0.1) is 0 Å². The molecule has 1 heterocycles. The van der Waals surface area contributed by atoms with E-state index in [0.717, 1.165) is 19.6 Å². The summed E-state index contributed by atoms with van der Waals surface area (Å²) in [6.45, 7) is 13.0. The molecular weight excluding hydrogens is 228 g/mol. The Morgan fingerprint density at radius 2 is 1.89 bits per heavy atom. The zero-order chi connectivity index (χ0) is 13.8. The van der Waals surface area contributed by atoms with E-state index in [9.17, 15) is 4.79 Å². The SMILES string of the molecule is CCC(CC)N1CC(CNC(=O)OC(C)(C)C)C1. The van der Waals surface area contributed by atoms with Gasteiger partial charge in [-0.2, -0.15) is 0 Å². The van der Waals surface area contributed by atoms with Crippen molar-refractivity contribution in [2.75, 3.05) is 19.6 Å². The molecule has 1 fully saturated rings. The van der Waals surface area contributed by atoms with Crippen LogP contribution in [-0.4, -0.2) is 42.3 Å². The molecule has 1 aliphatic heterocycles. The minimum atomic E-state index is -0.411. The second-order valence-corrected chi connectivity index (χ2v) is 6.17. The number of ether oxygens (including phenoxy) is 1. The predicted octanol–water partition coefficient (Wildman–Crippen LogP) is 2.63. The van der Waals surface area contributed by atoms with E-state index in [0.29, 0.717) is 12.0 Å². The van der Waals surface area contributed by atoms with Crippen LogP contribution in [0.1, 0.15) is 47.5 Å². The minimum absolute atomic E-state index is 0.302. The summed E-state index contributed by atoms with van der Waals surface area (Å²) in [5.41, 5.74) is -0.411. The molecule has 0 atom stereocenters. The first-order chi connectivity index (χ1) is 8.35. The fourth-order valence-electron chi connectivity index (χ4n) is 2.38. The Morgan fingerprint density at radius 1 is 1.33 bits per heavy atom. The van der Waals surface area contributed by atoms with Crippen LogP contribution >= 0.6 is 0 Å². The molecule has 1 N–H and O–H groups in total. The largest absolute Gasteiger partial charge is 0.444 e. The number of hydrogen-bond acceptors (Lipinski definition) is 3. The van der Waals surface area contributed by atoms with Crippen LogP contribution < -0.4 is 5.32 Å². The molecule has 0 aromatic rings. The Balaban J connectivity index is 2.15. The highest BCUT2D eigenvalue weighted by Crippen LogP contribution is 2.21. The molecule has 0 aromatic carbocycles. The van der Waals surface area contributed by atoms with E-state index in [1.807, 2.05) is 20.8 Å². The summed E-state index contributed by atoms with van der Waals surface area (Å²) in [6, 6.07) is 0.711. The zero-order valence-corrected chi connectivity index (χ0v) is 12.5. The smallest absolute Gasteiger partial charge is 0.407 e. The third kappa shape index (κ3) is 4.84. The Kier molecular flexibility index (Phi) is 5.45. The standard InChI is InChI=1S/C14H28N2O2/c1-6-12(7-2)16-9-11(10-16)8-15-13(17)18-14(3,4)5/h11-12H,6-10H2,1-5H3,(H,15,17). The Hall–Kier alpha value is -0.770. The van der Waals surface area contributed by atoms with Crippen molar-refractivity contribution in [3.8, 4) is 0 Å². The lowest BCUT2D eigenvalue weighted by Crippen LogP contribution is -2.55. The zero-order valence-electron chi connectivity index (χ0n) is 12.5. The highest BCUT2D eigenvalue weighted by Gasteiger charge is 2.31. The van der Waals surface area contributed by atoms with E-state index in [2.05, 4.69) is 24.1 Å². The molecule has 1 saturated heterocycles. The van der Waals surface area contributed by atoms with Gasteiger partial charge >= 0.3 is 6.09 Å². The lowest BCUT2D eigenvalue weighted by molar-refractivity contribution is 0.0348. The average molecular weight is 256 g/mol. The summed E-state index contributed by atoms with van der Waals surface area (Å²) in [4.78, 5) is 14.0. The van der Waals surface area contributed by atoms with Gasteiger partial charge in [0.05, 0.1) is 0 Å². The van der Waals surface area contributed by atoms with E-state index in [1.54, 1.807) is 0 Å². The molecule has 106 valence electrons. The molecule has 4 nitrogen and oxygen atoms in total. The van der Waals surface area contributed by atoms with E-state index in [4.69, 9.17) is 4.74 Å². The molecule has 0 bridgehead atoms. The molecule has 0 saturated carbocycles. The first kappa shape index (κ1) is 15.3. The summed E-state index contributed by atoms with van der Waals surface area (Å²) >= 11 is 0. The number of nitrogens with zero attached hydrogens (tertiary/aromatic N) is 1. The number of likely N-dealkylation sites (tertiary alicyclic amines) is 1. The van der Waals surface area contributed by atoms with Crippen molar-refractivity contribution in [1.29, 1.82) is 0 Å². The van der Waals surface area contributed by atoms with Crippen molar-refractivity contribution < 1.29 is 9.53 Å². The van der Waals surface area contributed by atoms with Crippen molar-refractivity contribution in [3.05, 3.63) is 0 Å². The van der Waals surface area contributed by atoms with Crippen LogP contribution in [0.3, 0.4) is 0 Å². The summed E-state index contributed by atoms with van der Waals surface area (Å²) in [5, 5.41) is 2.85. The Morgan fingerprint density at radius 3 is 2.33 bits per heavy atom. The number of carbonyl (C=O) groups is 1. The monoisotopic (exact) mass is 256 g/mol. The topological polar surface area (TPSA) is 41.6 Å². The lowest BCUT2D eigenvalue weighted by atomic mass is 9.95. The molecule has 0 aromatic heterocycles. The maximum atomic E-state index is 11.5. The highest BCUT2D eigenvalue weighted by molar-refractivity contribution is 5.67. The van der Waals surface area contributed by atoms with Crippen LogP contribution in [0.15, 0.2) is 0 Å². The van der Waals surface area contributed by atoms with Gasteiger partial charge in [-0.1, -0.05) is 13.8 Å². The van der Waals surface area contributed by atoms with Crippen molar-refractivity contribution >= 4 is 6.09 Å². The van der Waals surface area contributed by atoms with Gasteiger partial charge in [0, 0.05) is 31.6 Å². The maximum Gasteiger partial charge on any atom is 0.407 e. The summed E-state index contributed by atoms with van der Waals surface area (Å²) in [5.74, 6) is 0.582. The Labute approximate surface area is 111 Å². The van der Waals surface area contributed by atoms with Crippen LogP contribution in [-0.2, 0) is 4.74 Å². The number of alkyl carbamates (subject to hydrolysis) is 1. The lowest BCUT2D eigenvalue weighted by Gasteiger charge is -2.44. The number of nitrogens with one attached hydrogen (secondary N) is 1. The quantitative estimate of drug-likeness (QED) is 0.822. The molecule has 1 rings (SSSR count). The molecule has 0 aliphatic carbocycles. The second kappa shape index (κ2) is 6.41. The molecule has 4 heteroatoms. The van der Waals surface area contributed by atoms with Crippen LogP contribution in [0, 0.1) is 5.92 Å². The predicted molar refractivity (Wildman–Crippen MR) is 73.7 cm³/mol. The first-order valence-corrected chi connectivity index (χ1v) is 7.06. The van der Waals surface area contributed by atoms with Gasteiger partial charge in [-0.25, -0.2) is 4.79 Å². The van der Waals surface area contributed by atoms with Gasteiger partial charge in [0.1, 0.15) is 5.60 Å². The van der Waals surface area contributed by atoms with Crippen LogP contribution in [0.25, 0.3) is 0 Å². The van der Waals surface area contributed by atoms with Gasteiger partial charge in [0.25, 0.3) is 0 Å². The normalized spacial score (nSPS) is 17.7. The van der Waals surface area contributed by atoms with E-state index < -0.39 is 5.60 Å². The van der Waals surface area contributed by atoms with Crippen molar-refractivity contribution in [2.45, 2.75) is 59.1 Å². The Bertz CT molecular complexity index is 263.